The van der Waals surface area contributed by atoms with Gasteiger partial charge in [0.2, 0.25) is 0 Å². The molecule has 0 unspecified atom stereocenters. The molecule has 134 valence electrons. The highest BCUT2D eigenvalue weighted by Crippen LogP contribution is 2.23. The van der Waals surface area contributed by atoms with E-state index >= 15 is 0 Å². The molecule has 3 rings (SSSR count). The van der Waals surface area contributed by atoms with Gasteiger partial charge in [0.15, 0.2) is 12.2 Å². The first-order valence-electron chi connectivity index (χ1n) is 8.03. The van der Waals surface area contributed by atoms with E-state index in [1.54, 1.807) is 0 Å². The number of thioether (sulfide) groups is 1. The number of hydrogen-bond acceptors (Lipinski definition) is 6. The van der Waals surface area contributed by atoms with Gasteiger partial charge in [0.1, 0.15) is 11.3 Å². The molecule has 1 N–H and O–H groups in total. The van der Waals surface area contributed by atoms with E-state index in [-0.39, 0.29) is 18.3 Å². The summed E-state index contributed by atoms with van der Waals surface area (Å²) in [6.45, 7) is 3.56. The maximum atomic E-state index is 11.9. The highest BCUT2D eigenvalue weighted by Gasteiger charge is 2.12. The minimum Gasteiger partial charge on any atom is -0.455 e. The van der Waals surface area contributed by atoms with Crippen molar-refractivity contribution in [3.05, 3.63) is 53.6 Å². The quantitative estimate of drug-likeness (QED) is 0.526. The number of rotatable bonds is 6. The van der Waals surface area contributed by atoms with Gasteiger partial charge in [-0.1, -0.05) is 36.0 Å². The summed E-state index contributed by atoms with van der Waals surface area (Å²) in [6.07, 6.45) is 0. The van der Waals surface area contributed by atoms with Crippen molar-refractivity contribution < 1.29 is 18.7 Å². The summed E-state index contributed by atoms with van der Waals surface area (Å²) in [5.41, 5.74) is 4.17. The number of oxazole rings is 1. The summed E-state index contributed by atoms with van der Waals surface area (Å²) < 4.78 is 10.5. The zero-order valence-corrected chi connectivity index (χ0v) is 15.3. The Morgan fingerprint density at radius 2 is 1.96 bits per heavy atom. The molecule has 0 aliphatic carbocycles. The molecule has 0 saturated carbocycles. The SMILES string of the molecule is Cc1cccc(NC(=O)COC(=O)CSc2nc3ccccc3o2)c1C. The van der Waals surface area contributed by atoms with Crippen LogP contribution in [0, 0.1) is 13.8 Å². The molecule has 0 bridgehead atoms. The second-order valence-electron chi connectivity index (χ2n) is 5.69. The maximum absolute atomic E-state index is 11.9. The average Bonchev–Trinajstić information content (AvgIpc) is 3.05. The maximum Gasteiger partial charge on any atom is 0.316 e. The van der Waals surface area contributed by atoms with Gasteiger partial charge in [-0.05, 0) is 43.2 Å². The molecule has 1 aromatic heterocycles. The Balaban J connectivity index is 1.46. The number of esters is 1. The number of carbonyl (C=O) groups excluding carboxylic acids is 2. The smallest absolute Gasteiger partial charge is 0.316 e. The second-order valence-corrected chi connectivity index (χ2v) is 6.62. The van der Waals surface area contributed by atoms with Crippen LogP contribution in [0.15, 0.2) is 52.1 Å². The van der Waals surface area contributed by atoms with Crippen LogP contribution in [-0.4, -0.2) is 29.2 Å². The Kier molecular flexibility index (Phi) is 5.58. The van der Waals surface area contributed by atoms with Gasteiger partial charge >= 0.3 is 5.97 Å². The summed E-state index contributed by atoms with van der Waals surface area (Å²) >= 11 is 1.13. The van der Waals surface area contributed by atoms with Crippen molar-refractivity contribution in [2.75, 3.05) is 17.7 Å². The lowest BCUT2D eigenvalue weighted by molar-refractivity contribution is -0.144. The van der Waals surface area contributed by atoms with Crippen molar-refractivity contribution in [3.63, 3.8) is 0 Å². The van der Waals surface area contributed by atoms with Gasteiger partial charge in [0.25, 0.3) is 11.1 Å². The molecule has 0 saturated heterocycles. The Morgan fingerprint density at radius 1 is 1.15 bits per heavy atom. The lowest BCUT2D eigenvalue weighted by Gasteiger charge is -2.10. The van der Waals surface area contributed by atoms with E-state index < -0.39 is 5.97 Å². The predicted molar refractivity (Wildman–Crippen MR) is 100 cm³/mol. The normalized spacial score (nSPS) is 10.7. The van der Waals surface area contributed by atoms with Crippen LogP contribution in [0.5, 0.6) is 0 Å². The lowest BCUT2D eigenvalue weighted by atomic mass is 10.1. The zero-order chi connectivity index (χ0) is 18.5. The first kappa shape index (κ1) is 18.0. The number of ether oxygens (including phenoxy) is 1. The van der Waals surface area contributed by atoms with Crippen LogP contribution in [0.4, 0.5) is 5.69 Å². The minimum absolute atomic E-state index is 0.0174. The molecule has 6 nitrogen and oxygen atoms in total. The van der Waals surface area contributed by atoms with Gasteiger partial charge < -0.3 is 14.5 Å². The summed E-state index contributed by atoms with van der Waals surface area (Å²) in [5, 5.41) is 3.14. The number of nitrogens with zero attached hydrogens (tertiary/aromatic N) is 1. The second kappa shape index (κ2) is 8.05. The third-order valence-electron chi connectivity index (χ3n) is 3.83. The Bertz CT molecular complexity index is 919. The standard InChI is InChI=1S/C19H18N2O4S/c1-12-6-5-8-14(13(12)2)20-17(22)10-24-18(23)11-26-19-21-15-7-3-4-9-16(15)25-19/h3-9H,10-11H2,1-2H3,(H,20,22). The Hall–Kier alpha value is -2.80. The van der Waals surface area contributed by atoms with Gasteiger partial charge in [-0.15, -0.1) is 0 Å². The summed E-state index contributed by atoms with van der Waals surface area (Å²) in [7, 11) is 0. The Morgan fingerprint density at radius 3 is 2.77 bits per heavy atom. The molecule has 0 aliphatic rings. The minimum atomic E-state index is -0.506. The fourth-order valence-corrected chi connectivity index (χ4v) is 2.93. The van der Waals surface area contributed by atoms with E-state index in [2.05, 4.69) is 10.3 Å². The largest absolute Gasteiger partial charge is 0.455 e. The number of anilines is 1. The number of aryl methyl sites for hydroxylation is 1. The average molecular weight is 370 g/mol. The van der Waals surface area contributed by atoms with Crippen molar-refractivity contribution in [1.29, 1.82) is 0 Å². The topological polar surface area (TPSA) is 81.4 Å². The van der Waals surface area contributed by atoms with Crippen LogP contribution in [-0.2, 0) is 14.3 Å². The first-order valence-corrected chi connectivity index (χ1v) is 9.01. The number of carbonyl (C=O) groups is 2. The zero-order valence-electron chi connectivity index (χ0n) is 14.4. The third-order valence-corrected chi connectivity index (χ3v) is 4.63. The predicted octanol–water partition coefficient (Wildman–Crippen LogP) is 3.72. The van der Waals surface area contributed by atoms with Crippen LogP contribution in [0.2, 0.25) is 0 Å². The summed E-state index contributed by atoms with van der Waals surface area (Å²) in [5.74, 6) is -0.865. The summed E-state index contributed by atoms with van der Waals surface area (Å²) in [4.78, 5) is 28.0. The number of benzene rings is 2. The van der Waals surface area contributed by atoms with Crippen molar-refractivity contribution in [2.24, 2.45) is 0 Å². The number of hydrogen-bond donors (Lipinski definition) is 1. The van der Waals surface area contributed by atoms with E-state index in [0.29, 0.717) is 16.5 Å². The van der Waals surface area contributed by atoms with Gasteiger partial charge in [-0.2, -0.15) is 0 Å². The van der Waals surface area contributed by atoms with E-state index in [1.165, 1.54) is 0 Å². The highest BCUT2D eigenvalue weighted by molar-refractivity contribution is 7.99. The van der Waals surface area contributed by atoms with Crippen LogP contribution in [0.25, 0.3) is 11.1 Å². The fraction of sp³-hybridized carbons (Fsp3) is 0.211. The van der Waals surface area contributed by atoms with Crippen LogP contribution in [0.3, 0.4) is 0 Å². The lowest BCUT2D eigenvalue weighted by Crippen LogP contribution is -2.22. The molecule has 0 spiro atoms. The fourth-order valence-electron chi connectivity index (χ4n) is 2.29. The summed E-state index contributed by atoms with van der Waals surface area (Å²) in [6, 6.07) is 13.0. The van der Waals surface area contributed by atoms with Crippen molar-refractivity contribution in [1.82, 2.24) is 4.98 Å². The van der Waals surface area contributed by atoms with E-state index in [9.17, 15) is 9.59 Å². The van der Waals surface area contributed by atoms with Crippen LogP contribution in [0.1, 0.15) is 11.1 Å². The van der Waals surface area contributed by atoms with Gasteiger partial charge in [-0.25, -0.2) is 4.98 Å². The van der Waals surface area contributed by atoms with E-state index in [0.717, 1.165) is 28.4 Å². The van der Waals surface area contributed by atoms with Gasteiger partial charge in [0, 0.05) is 5.69 Å². The molecule has 26 heavy (non-hydrogen) atoms. The van der Waals surface area contributed by atoms with Crippen molar-refractivity contribution in [2.45, 2.75) is 19.1 Å². The van der Waals surface area contributed by atoms with Crippen LogP contribution >= 0.6 is 11.8 Å². The molecule has 0 aliphatic heterocycles. The molecule has 0 radical (unpaired) electrons. The number of aromatic nitrogens is 1. The number of para-hydroxylation sites is 2. The first-order chi connectivity index (χ1) is 12.5. The highest BCUT2D eigenvalue weighted by atomic mass is 32.2. The Labute approximate surface area is 154 Å². The van der Waals surface area contributed by atoms with E-state index in [1.807, 2.05) is 56.3 Å². The molecule has 3 aromatic rings. The number of nitrogens with one attached hydrogen (secondary N) is 1. The van der Waals surface area contributed by atoms with Crippen molar-refractivity contribution in [3.8, 4) is 0 Å². The number of amides is 1. The molecule has 0 fully saturated rings. The molecule has 2 aromatic carbocycles. The van der Waals surface area contributed by atoms with Crippen molar-refractivity contribution >= 4 is 40.4 Å². The van der Waals surface area contributed by atoms with Gasteiger partial charge in [-0.3, -0.25) is 9.59 Å². The number of fused-ring (bicyclic) bond motifs is 1. The van der Waals surface area contributed by atoms with E-state index in [4.69, 9.17) is 9.15 Å². The molecule has 0 atom stereocenters. The molecule has 1 amide bonds. The molecule has 7 heteroatoms. The molecular weight excluding hydrogens is 352 g/mol. The van der Waals surface area contributed by atoms with Crippen LogP contribution < -0.4 is 5.32 Å². The molecular formula is C19H18N2O4S. The van der Waals surface area contributed by atoms with Gasteiger partial charge in [0.05, 0.1) is 0 Å². The third kappa shape index (κ3) is 4.43. The molecule has 1 heterocycles. The monoisotopic (exact) mass is 370 g/mol.